The van der Waals surface area contributed by atoms with Crippen LogP contribution in [-0.4, -0.2) is 36.1 Å². The van der Waals surface area contributed by atoms with Gasteiger partial charge in [0.2, 0.25) is 0 Å². The number of hydrogen-bond acceptors (Lipinski definition) is 6. The summed E-state index contributed by atoms with van der Waals surface area (Å²) in [5, 5.41) is 11.5. The summed E-state index contributed by atoms with van der Waals surface area (Å²) >= 11 is 0. The molecule has 1 fully saturated rings. The quantitative estimate of drug-likeness (QED) is 0.114. The molecule has 1 unspecified atom stereocenters. The maximum Gasteiger partial charge on any atom is 0.300 e. The Morgan fingerprint density at radius 2 is 1.60 bits per heavy atom. The van der Waals surface area contributed by atoms with Gasteiger partial charge in [-0.15, -0.1) is 0 Å². The fourth-order valence-corrected chi connectivity index (χ4v) is 4.74. The van der Waals surface area contributed by atoms with E-state index in [0.717, 1.165) is 19.3 Å². The minimum absolute atomic E-state index is 0.00474. The van der Waals surface area contributed by atoms with E-state index in [-0.39, 0.29) is 17.4 Å². The van der Waals surface area contributed by atoms with E-state index in [0.29, 0.717) is 47.3 Å². The van der Waals surface area contributed by atoms with Crippen LogP contribution in [0, 0.1) is 0 Å². The van der Waals surface area contributed by atoms with Crippen molar-refractivity contribution >= 4 is 23.1 Å². The molecule has 1 atom stereocenters. The van der Waals surface area contributed by atoms with Crippen LogP contribution in [0.5, 0.6) is 17.2 Å². The molecule has 1 heterocycles. The maximum absolute atomic E-state index is 13.5. The van der Waals surface area contributed by atoms with Gasteiger partial charge < -0.3 is 19.3 Å². The van der Waals surface area contributed by atoms with Gasteiger partial charge in [0.15, 0.2) is 0 Å². The summed E-state index contributed by atoms with van der Waals surface area (Å²) in [5.41, 5.74) is 1.55. The molecule has 0 bridgehead atoms. The number of aliphatic hydroxyl groups is 1. The number of unbranched alkanes of at least 4 members (excludes halogenated alkanes) is 2. The molecule has 1 aliphatic heterocycles. The van der Waals surface area contributed by atoms with E-state index in [2.05, 4.69) is 6.92 Å². The zero-order valence-corrected chi connectivity index (χ0v) is 23.6. The Balaban J connectivity index is 1.79. The molecule has 3 aromatic carbocycles. The number of anilines is 1. The van der Waals surface area contributed by atoms with Crippen molar-refractivity contribution in [1.82, 2.24) is 0 Å². The number of ether oxygens (including phenoxy) is 3. The second-order valence-electron chi connectivity index (χ2n) is 9.92. The first-order valence-electron chi connectivity index (χ1n) is 13.9. The number of carbonyl (C=O) groups excluding carboxylic acids is 2. The van der Waals surface area contributed by atoms with Crippen LogP contribution in [0.15, 0.2) is 78.4 Å². The van der Waals surface area contributed by atoms with Crippen molar-refractivity contribution in [2.75, 3.05) is 18.1 Å². The summed E-state index contributed by atoms with van der Waals surface area (Å²) in [6, 6.07) is 20.3. The highest BCUT2D eigenvalue weighted by atomic mass is 16.5. The molecule has 1 N–H and O–H groups in total. The summed E-state index contributed by atoms with van der Waals surface area (Å²) in [6.45, 7) is 8.93. The molecule has 4 rings (SSSR count). The van der Waals surface area contributed by atoms with Crippen LogP contribution in [0.4, 0.5) is 5.69 Å². The minimum Gasteiger partial charge on any atom is -0.507 e. The van der Waals surface area contributed by atoms with E-state index < -0.39 is 17.7 Å². The zero-order chi connectivity index (χ0) is 28.6. The Morgan fingerprint density at radius 1 is 0.875 bits per heavy atom. The lowest BCUT2D eigenvalue weighted by molar-refractivity contribution is -0.132. The van der Waals surface area contributed by atoms with Gasteiger partial charge in [0.05, 0.1) is 30.9 Å². The lowest BCUT2D eigenvalue weighted by Crippen LogP contribution is -2.29. The second-order valence-corrected chi connectivity index (χ2v) is 9.92. The van der Waals surface area contributed by atoms with Gasteiger partial charge in [0, 0.05) is 17.3 Å². The molecule has 1 amide bonds. The van der Waals surface area contributed by atoms with Crippen molar-refractivity contribution in [3.63, 3.8) is 0 Å². The first-order valence-corrected chi connectivity index (χ1v) is 13.9. The predicted octanol–water partition coefficient (Wildman–Crippen LogP) is 7.07. The van der Waals surface area contributed by atoms with Crippen LogP contribution >= 0.6 is 0 Å². The molecule has 0 radical (unpaired) electrons. The lowest BCUT2D eigenvalue weighted by Gasteiger charge is -2.26. The Kier molecular flexibility index (Phi) is 9.48. The fraction of sp³-hybridized carbons (Fsp3) is 0.333. The van der Waals surface area contributed by atoms with Crippen LogP contribution in [0.2, 0.25) is 0 Å². The number of aliphatic hydroxyl groups excluding tert-OH is 1. The van der Waals surface area contributed by atoms with E-state index in [1.54, 1.807) is 54.6 Å². The average molecular weight is 544 g/mol. The largest absolute Gasteiger partial charge is 0.507 e. The van der Waals surface area contributed by atoms with E-state index in [9.17, 15) is 14.7 Å². The van der Waals surface area contributed by atoms with Gasteiger partial charge in [-0.1, -0.05) is 38.0 Å². The molecule has 40 heavy (non-hydrogen) atoms. The molecule has 3 aromatic rings. The number of nitrogens with zero attached hydrogens (tertiary/aromatic N) is 1. The molecule has 1 saturated heterocycles. The third-order valence-corrected chi connectivity index (χ3v) is 6.54. The van der Waals surface area contributed by atoms with Gasteiger partial charge in [-0.05, 0) is 81.3 Å². The molecular formula is C33H37NO6. The molecule has 210 valence electrons. The van der Waals surface area contributed by atoms with Crippen molar-refractivity contribution < 1.29 is 28.9 Å². The average Bonchev–Trinajstić information content (AvgIpc) is 3.21. The Bertz CT molecular complexity index is 1360. The minimum atomic E-state index is -0.877. The molecule has 1 aliphatic rings. The SMILES string of the molecule is CCCCCOc1ccc(/C(O)=C2\C(=O)C(=O)N(c3cccc(OCC)c3)C2c2cccc(OC(C)C)c2)cc1. The topological polar surface area (TPSA) is 85.3 Å². The second kappa shape index (κ2) is 13.2. The van der Waals surface area contributed by atoms with Gasteiger partial charge in [0.25, 0.3) is 11.7 Å². The number of ketones is 1. The molecule has 7 nitrogen and oxygen atoms in total. The summed E-state index contributed by atoms with van der Waals surface area (Å²) in [4.78, 5) is 28.5. The number of rotatable bonds is 12. The molecule has 0 aliphatic carbocycles. The van der Waals surface area contributed by atoms with Crippen LogP contribution in [0.3, 0.4) is 0 Å². The number of amides is 1. The first-order chi connectivity index (χ1) is 19.3. The molecular weight excluding hydrogens is 506 g/mol. The van der Waals surface area contributed by atoms with Crippen molar-refractivity contribution in [3.05, 3.63) is 89.5 Å². The first kappa shape index (κ1) is 28.7. The van der Waals surface area contributed by atoms with Crippen LogP contribution in [0.1, 0.15) is 64.1 Å². The zero-order valence-electron chi connectivity index (χ0n) is 23.6. The summed E-state index contributed by atoms with van der Waals surface area (Å²) in [5.74, 6) is 0.110. The van der Waals surface area contributed by atoms with Crippen LogP contribution in [0.25, 0.3) is 5.76 Å². The lowest BCUT2D eigenvalue weighted by atomic mass is 9.95. The Morgan fingerprint density at radius 3 is 2.30 bits per heavy atom. The molecule has 0 spiro atoms. The fourth-order valence-electron chi connectivity index (χ4n) is 4.74. The highest BCUT2D eigenvalue weighted by molar-refractivity contribution is 6.51. The van der Waals surface area contributed by atoms with Crippen molar-refractivity contribution in [3.8, 4) is 17.2 Å². The number of benzene rings is 3. The van der Waals surface area contributed by atoms with Gasteiger partial charge in [0.1, 0.15) is 23.0 Å². The van der Waals surface area contributed by atoms with Crippen LogP contribution < -0.4 is 19.1 Å². The van der Waals surface area contributed by atoms with Crippen LogP contribution in [-0.2, 0) is 9.59 Å². The monoisotopic (exact) mass is 543 g/mol. The summed E-state index contributed by atoms with van der Waals surface area (Å²) in [6.07, 6.45) is 3.10. The number of hydrogen-bond donors (Lipinski definition) is 1. The number of Topliss-reactive ketones (excluding diaryl/α,β-unsaturated/α-hetero) is 1. The van der Waals surface area contributed by atoms with E-state index in [1.165, 1.54) is 4.90 Å². The molecule has 0 saturated carbocycles. The summed E-state index contributed by atoms with van der Waals surface area (Å²) in [7, 11) is 0. The van der Waals surface area contributed by atoms with Crippen molar-refractivity contribution in [2.24, 2.45) is 0 Å². The smallest absolute Gasteiger partial charge is 0.300 e. The van der Waals surface area contributed by atoms with Gasteiger partial charge >= 0.3 is 0 Å². The highest BCUT2D eigenvalue weighted by Gasteiger charge is 2.47. The van der Waals surface area contributed by atoms with E-state index in [4.69, 9.17) is 14.2 Å². The van der Waals surface area contributed by atoms with Gasteiger partial charge in [-0.2, -0.15) is 0 Å². The molecule has 7 heteroatoms. The molecule has 0 aromatic heterocycles. The predicted molar refractivity (Wildman–Crippen MR) is 156 cm³/mol. The Hall–Kier alpha value is -4.26. The standard InChI is InChI=1S/C33H37NO6/c1-5-7-8-19-39-26-17-15-23(16-18-26)31(35)29-30(24-11-9-14-28(20-24)40-22(3)4)34(33(37)32(29)36)25-12-10-13-27(21-25)38-6-2/h9-18,20-22,30,35H,5-8,19H2,1-4H3/b31-29+. The Labute approximate surface area is 236 Å². The van der Waals surface area contributed by atoms with Crippen molar-refractivity contribution in [2.45, 2.75) is 59.1 Å². The van der Waals surface area contributed by atoms with E-state index >= 15 is 0 Å². The summed E-state index contributed by atoms with van der Waals surface area (Å²) < 4.78 is 17.3. The van der Waals surface area contributed by atoms with Gasteiger partial charge in [-0.3, -0.25) is 14.5 Å². The van der Waals surface area contributed by atoms with Crippen molar-refractivity contribution in [1.29, 1.82) is 0 Å². The van der Waals surface area contributed by atoms with E-state index in [1.807, 2.05) is 39.0 Å². The third kappa shape index (κ3) is 6.47. The third-order valence-electron chi connectivity index (χ3n) is 6.54. The van der Waals surface area contributed by atoms with Gasteiger partial charge in [-0.25, -0.2) is 0 Å². The highest BCUT2D eigenvalue weighted by Crippen LogP contribution is 2.43. The maximum atomic E-state index is 13.5. The normalized spacial score (nSPS) is 16.4. The number of carbonyl (C=O) groups is 2.